The average Bonchev–Trinajstić information content (AvgIpc) is 2.80. The van der Waals surface area contributed by atoms with Gasteiger partial charge in [0, 0.05) is 24.2 Å². The molecule has 0 bridgehead atoms. The first-order valence-corrected chi connectivity index (χ1v) is 6.27. The first-order chi connectivity index (χ1) is 9.20. The van der Waals surface area contributed by atoms with Gasteiger partial charge in [0.15, 0.2) is 0 Å². The summed E-state index contributed by atoms with van der Waals surface area (Å²) in [7, 11) is 0. The highest BCUT2D eigenvalue weighted by Gasteiger charge is 2.11. The van der Waals surface area contributed by atoms with Crippen molar-refractivity contribution in [3.63, 3.8) is 0 Å². The Morgan fingerprint density at radius 2 is 2.05 bits per heavy atom. The predicted molar refractivity (Wildman–Crippen MR) is 75.4 cm³/mol. The zero-order valence-electron chi connectivity index (χ0n) is 9.64. The molecule has 3 aromatic heterocycles. The molecule has 0 atom stereocenters. The van der Waals surface area contributed by atoms with Gasteiger partial charge in [-0.1, -0.05) is 23.2 Å². The maximum absolute atomic E-state index is 9.12. The lowest BCUT2D eigenvalue weighted by atomic mass is 10.1. The molecule has 0 aliphatic carbocycles. The Balaban J connectivity index is 2.38. The Kier molecular flexibility index (Phi) is 2.90. The molecule has 0 saturated heterocycles. The molecule has 0 unspecified atom stereocenters. The SMILES string of the molecule is N#Cc1ccc(-c2cnccc2Cl)n2cc(Cl)cc12. The summed E-state index contributed by atoms with van der Waals surface area (Å²) in [6, 6.07) is 9.23. The van der Waals surface area contributed by atoms with E-state index in [1.165, 1.54) is 0 Å². The fraction of sp³-hybridized carbons (Fsp3) is 0. The molecule has 0 fully saturated rings. The van der Waals surface area contributed by atoms with Crippen molar-refractivity contribution >= 4 is 28.7 Å². The van der Waals surface area contributed by atoms with E-state index < -0.39 is 0 Å². The molecule has 0 radical (unpaired) electrons. The third-order valence-electron chi connectivity index (χ3n) is 2.89. The molecule has 0 spiro atoms. The molecule has 0 N–H and O–H groups in total. The minimum atomic E-state index is 0.565. The van der Waals surface area contributed by atoms with Gasteiger partial charge < -0.3 is 4.40 Å². The lowest BCUT2D eigenvalue weighted by Crippen LogP contribution is -1.93. The van der Waals surface area contributed by atoms with Crippen molar-refractivity contribution in [3.8, 4) is 17.3 Å². The van der Waals surface area contributed by atoms with Gasteiger partial charge in [0.1, 0.15) is 6.07 Å². The van der Waals surface area contributed by atoms with Crippen molar-refractivity contribution in [2.75, 3.05) is 0 Å². The summed E-state index contributed by atoms with van der Waals surface area (Å²) < 4.78 is 1.85. The van der Waals surface area contributed by atoms with Crippen LogP contribution < -0.4 is 0 Å². The van der Waals surface area contributed by atoms with E-state index in [-0.39, 0.29) is 0 Å². The molecule has 0 saturated carbocycles. The van der Waals surface area contributed by atoms with Crippen LogP contribution in [0, 0.1) is 11.3 Å². The summed E-state index contributed by atoms with van der Waals surface area (Å²) >= 11 is 12.2. The summed E-state index contributed by atoms with van der Waals surface area (Å²) in [6.45, 7) is 0. The summed E-state index contributed by atoms with van der Waals surface area (Å²) in [4.78, 5) is 4.08. The number of rotatable bonds is 1. The third kappa shape index (κ3) is 1.95. The van der Waals surface area contributed by atoms with Crippen LogP contribution in [0.15, 0.2) is 42.9 Å². The second-order valence-electron chi connectivity index (χ2n) is 4.01. The van der Waals surface area contributed by atoms with Crippen molar-refractivity contribution in [1.29, 1.82) is 5.26 Å². The van der Waals surface area contributed by atoms with E-state index in [0.717, 1.165) is 16.8 Å². The van der Waals surface area contributed by atoms with Crippen LogP contribution in [0.5, 0.6) is 0 Å². The Bertz CT molecular complexity index is 815. The number of fused-ring (bicyclic) bond motifs is 1. The summed E-state index contributed by atoms with van der Waals surface area (Å²) in [5, 5.41) is 10.3. The second-order valence-corrected chi connectivity index (χ2v) is 4.86. The molecule has 3 nitrogen and oxygen atoms in total. The molecule has 0 amide bonds. The van der Waals surface area contributed by atoms with E-state index >= 15 is 0 Å². The van der Waals surface area contributed by atoms with Gasteiger partial charge in [-0.15, -0.1) is 0 Å². The Morgan fingerprint density at radius 3 is 2.79 bits per heavy atom. The van der Waals surface area contributed by atoms with Crippen molar-refractivity contribution in [2.24, 2.45) is 0 Å². The highest BCUT2D eigenvalue weighted by atomic mass is 35.5. The van der Waals surface area contributed by atoms with E-state index in [2.05, 4.69) is 11.1 Å². The first kappa shape index (κ1) is 12.0. The van der Waals surface area contributed by atoms with Gasteiger partial charge in [-0.05, 0) is 24.3 Å². The van der Waals surface area contributed by atoms with E-state index in [9.17, 15) is 0 Å². The molecule has 3 rings (SSSR count). The topological polar surface area (TPSA) is 41.1 Å². The van der Waals surface area contributed by atoms with E-state index in [0.29, 0.717) is 15.6 Å². The van der Waals surface area contributed by atoms with Gasteiger partial charge in [0.05, 0.1) is 26.8 Å². The molecule has 3 heterocycles. The maximum Gasteiger partial charge on any atom is 0.101 e. The average molecular weight is 288 g/mol. The predicted octanol–water partition coefficient (Wildman–Crippen LogP) is 4.18. The van der Waals surface area contributed by atoms with Gasteiger partial charge in [-0.2, -0.15) is 5.26 Å². The van der Waals surface area contributed by atoms with Crippen LogP contribution in [0.3, 0.4) is 0 Å². The largest absolute Gasteiger partial charge is 0.314 e. The Morgan fingerprint density at radius 1 is 1.21 bits per heavy atom. The van der Waals surface area contributed by atoms with E-state index in [1.807, 2.05) is 10.5 Å². The number of pyridine rings is 2. The smallest absolute Gasteiger partial charge is 0.101 e. The molecular weight excluding hydrogens is 281 g/mol. The van der Waals surface area contributed by atoms with E-state index in [1.54, 1.807) is 36.8 Å². The summed E-state index contributed by atoms with van der Waals surface area (Å²) in [6.07, 6.45) is 5.09. The zero-order chi connectivity index (χ0) is 13.4. The van der Waals surface area contributed by atoms with Gasteiger partial charge >= 0.3 is 0 Å². The molecule has 19 heavy (non-hydrogen) atoms. The van der Waals surface area contributed by atoms with Gasteiger partial charge in [-0.25, -0.2) is 0 Å². The minimum absolute atomic E-state index is 0.565. The van der Waals surface area contributed by atoms with E-state index in [4.69, 9.17) is 28.5 Å². The van der Waals surface area contributed by atoms with Crippen molar-refractivity contribution in [2.45, 2.75) is 0 Å². The Labute approximate surface area is 119 Å². The van der Waals surface area contributed by atoms with Crippen molar-refractivity contribution < 1.29 is 0 Å². The molecular formula is C14H7Cl2N3. The van der Waals surface area contributed by atoms with Crippen LogP contribution in [-0.2, 0) is 0 Å². The number of hydrogen-bond acceptors (Lipinski definition) is 2. The second kappa shape index (κ2) is 4.58. The number of nitriles is 1. The zero-order valence-corrected chi connectivity index (χ0v) is 11.2. The minimum Gasteiger partial charge on any atom is -0.314 e. The third-order valence-corrected chi connectivity index (χ3v) is 3.43. The fourth-order valence-electron chi connectivity index (χ4n) is 2.05. The highest BCUT2D eigenvalue weighted by molar-refractivity contribution is 6.33. The van der Waals surface area contributed by atoms with Crippen LogP contribution in [0.4, 0.5) is 0 Å². The molecule has 0 aromatic carbocycles. The maximum atomic E-state index is 9.12. The van der Waals surface area contributed by atoms with Crippen LogP contribution in [0.2, 0.25) is 10.0 Å². The van der Waals surface area contributed by atoms with Gasteiger partial charge in [0.2, 0.25) is 0 Å². The van der Waals surface area contributed by atoms with Gasteiger partial charge in [0.25, 0.3) is 0 Å². The van der Waals surface area contributed by atoms with Crippen LogP contribution in [0.1, 0.15) is 5.56 Å². The lowest BCUT2D eigenvalue weighted by molar-refractivity contribution is 1.18. The van der Waals surface area contributed by atoms with Gasteiger partial charge in [-0.3, -0.25) is 4.98 Å². The normalized spacial score (nSPS) is 10.6. The lowest BCUT2D eigenvalue weighted by Gasteiger charge is -2.08. The molecule has 92 valence electrons. The Hall–Kier alpha value is -2.02. The fourth-order valence-corrected chi connectivity index (χ4v) is 2.45. The standard InChI is InChI=1S/C14H7Cl2N3/c15-10-5-14-9(6-17)1-2-13(19(14)8-10)11-7-18-4-3-12(11)16/h1-5,7-8H. The molecule has 0 aliphatic heterocycles. The molecule has 0 aliphatic rings. The van der Waals surface area contributed by atoms with Crippen LogP contribution >= 0.6 is 23.2 Å². The van der Waals surface area contributed by atoms with Crippen molar-refractivity contribution in [1.82, 2.24) is 9.38 Å². The monoisotopic (exact) mass is 287 g/mol. The molecule has 5 heteroatoms. The van der Waals surface area contributed by atoms with Crippen molar-refractivity contribution in [3.05, 3.63) is 58.5 Å². The quantitative estimate of drug-likeness (QED) is 0.674. The number of hydrogen-bond donors (Lipinski definition) is 0. The van der Waals surface area contributed by atoms with Crippen LogP contribution in [0.25, 0.3) is 16.8 Å². The number of aromatic nitrogens is 2. The number of halogens is 2. The van der Waals surface area contributed by atoms with Crippen LogP contribution in [-0.4, -0.2) is 9.38 Å². The highest BCUT2D eigenvalue weighted by Crippen LogP contribution is 2.30. The number of nitrogens with zero attached hydrogens (tertiary/aromatic N) is 3. The molecule has 3 aromatic rings. The summed E-state index contributed by atoms with van der Waals surface area (Å²) in [5.74, 6) is 0. The first-order valence-electron chi connectivity index (χ1n) is 5.51. The summed E-state index contributed by atoms with van der Waals surface area (Å²) in [5.41, 5.74) is 2.96.